The molecule has 0 aliphatic carbocycles. The predicted molar refractivity (Wildman–Crippen MR) is 87.8 cm³/mol. The molecule has 1 aliphatic heterocycles. The molecule has 0 atom stereocenters. The van der Waals surface area contributed by atoms with E-state index in [1.165, 1.54) is 11.7 Å². The number of hydrogen-bond acceptors (Lipinski definition) is 4. The third-order valence-electron chi connectivity index (χ3n) is 4.01. The molecule has 0 saturated carbocycles. The predicted octanol–water partition coefficient (Wildman–Crippen LogP) is 1.65. The van der Waals surface area contributed by atoms with Gasteiger partial charge in [-0.15, -0.1) is 0 Å². The number of ether oxygens (including phenoxy) is 1. The van der Waals surface area contributed by atoms with Crippen LogP contribution in [0, 0.1) is 11.3 Å². The summed E-state index contributed by atoms with van der Waals surface area (Å²) in [6.07, 6.45) is 1.36. The SMILES string of the molecule is COc1ccc(Br)cc1Cn1c(=O)c(C#N)c2n(c1=O)CCC2. The van der Waals surface area contributed by atoms with Crippen molar-refractivity contribution in [1.82, 2.24) is 9.13 Å². The Kier molecular flexibility index (Phi) is 4.09. The molecule has 0 unspecified atom stereocenters. The van der Waals surface area contributed by atoms with Crippen molar-refractivity contribution in [2.75, 3.05) is 7.11 Å². The van der Waals surface area contributed by atoms with Gasteiger partial charge in [0.2, 0.25) is 0 Å². The topological polar surface area (TPSA) is 77.0 Å². The number of methoxy groups -OCH3 is 1. The number of aromatic nitrogens is 2. The molecule has 0 saturated heterocycles. The Morgan fingerprint density at radius 1 is 1.39 bits per heavy atom. The summed E-state index contributed by atoms with van der Waals surface area (Å²) in [7, 11) is 1.53. The lowest BCUT2D eigenvalue weighted by molar-refractivity contribution is 0.407. The standard InChI is InChI=1S/C16H14BrN3O3/c1-23-14-5-4-11(17)7-10(14)9-20-15(21)12(8-18)13-3-2-6-19(13)16(20)22/h4-5,7H,2-3,6,9H2,1H3. The van der Waals surface area contributed by atoms with E-state index in [0.717, 1.165) is 15.5 Å². The zero-order valence-electron chi connectivity index (χ0n) is 12.5. The molecule has 0 N–H and O–H groups in total. The Morgan fingerprint density at radius 3 is 2.87 bits per heavy atom. The van der Waals surface area contributed by atoms with E-state index < -0.39 is 5.56 Å². The van der Waals surface area contributed by atoms with Crippen molar-refractivity contribution in [3.8, 4) is 11.8 Å². The quantitative estimate of drug-likeness (QED) is 0.816. The van der Waals surface area contributed by atoms with Crippen LogP contribution in [0.25, 0.3) is 0 Å². The van der Waals surface area contributed by atoms with Crippen LogP contribution in [-0.4, -0.2) is 16.2 Å². The average Bonchev–Trinajstić information content (AvgIpc) is 3.01. The highest BCUT2D eigenvalue weighted by atomic mass is 79.9. The second-order valence-electron chi connectivity index (χ2n) is 5.32. The van der Waals surface area contributed by atoms with Gasteiger partial charge in [0.25, 0.3) is 5.56 Å². The average molecular weight is 376 g/mol. The third-order valence-corrected chi connectivity index (χ3v) is 4.51. The minimum absolute atomic E-state index is 0.0647. The molecular weight excluding hydrogens is 362 g/mol. The first-order valence-electron chi connectivity index (χ1n) is 7.16. The van der Waals surface area contributed by atoms with Crippen LogP contribution in [0.3, 0.4) is 0 Å². The fourth-order valence-corrected chi connectivity index (χ4v) is 3.34. The lowest BCUT2D eigenvalue weighted by Crippen LogP contribution is -2.42. The van der Waals surface area contributed by atoms with E-state index in [2.05, 4.69) is 15.9 Å². The summed E-state index contributed by atoms with van der Waals surface area (Å²) in [4.78, 5) is 25.1. The second kappa shape index (κ2) is 6.05. The van der Waals surface area contributed by atoms with E-state index in [9.17, 15) is 14.9 Å². The monoisotopic (exact) mass is 375 g/mol. The number of halogens is 1. The van der Waals surface area contributed by atoms with Crippen LogP contribution >= 0.6 is 15.9 Å². The van der Waals surface area contributed by atoms with Gasteiger partial charge in [-0.1, -0.05) is 15.9 Å². The summed E-state index contributed by atoms with van der Waals surface area (Å²) >= 11 is 3.38. The first kappa shape index (κ1) is 15.6. The molecule has 1 aliphatic rings. The second-order valence-corrected chi connectivity index (χ2v) is 6.23. The maximum Gasteiger partial charge on any atom is 0.331 e. The van der Waals surface area contributed by atoms with Gasteiger partial charge in [0.1, 0.15) is 17.4 Å². The van der Waals surface area contributed by atoms with Crippen molar-refractivity contribution in [2.24, 2.45) is 0 Å². The summed E-state index contributed by atoms with van der Waals surface area (Å²) < 4.78 is 8.75. The lowest BCUT2D eigenvalue weighted by atomic mass is 10.1. The van der Waals surface area contributed by atoms with Crippen LogP contribution in [0.15, 0.2) is 32.3 Å². The van der Waals surface area contributed by atoms with Gasteiger partial charge in [0.05, 0.1) is 13.7 Å². The van der Waals surface area contributed by atoms with Crippen LogP contribution in [0.5, 0.6) is 5.75 Å². The van der Waals surface area contributed by atoms with Gasteiger partial charge in [-0.25, -0.2) is 4.79 Å². The Hall–Kier alpha value is -2.33. The smallest absolute Gasteiger partial charge is 0.331 e. The van der Waals surface area contributed by atoms with Gasteiger partial charge < -0.3 is 4.74 Å². The Morgan fingerprint density at radius 2 is 2.17 bits per heavy atom. The molecule has 23 heavy (non-hydrogen) atoms. The van der Waals surface area contributed by atoms with Crippen LogP contribution in [-0.2, 0) is 19.5 Å². The van der Waals surface area contributed by atoms with Crippen molar-refractivity contribution in [3.63, 3.8) is 0 Å². The van der Waals surface area contributed by atoms with Crippen molar-refractivity contribution in [2.45, 2.75) is 25.9 Å². The van der Waals surface area contributed by atoms with E-state index in [0.29, 0.717) is 30.0 Å². The molecule has 2 heterocycles. The molecule has 1 aromatic carbocycles. The fourth-order valence-electron chi connectivity index (χ4n) is 2.93. The minimum atomic E-state index is -0.535. The van der Waals surface area contributed by atoms with E-state index in [1.807, 2.05) is 12.1 Å². The maximum absolute atomic E-state index is 12.6. The van der Waals surface area contributed by atoms with Crippen molar-refractivity contribution in [1.29, 1.82) is 5.26 Å². The van der Waals surface area contributed by atoms with Crippen LogP contribution in [0.4, 0.5) is 0 Å². The third kappa shape index (κ3) is 2.59. The first-order chi connectivity index (χ1) is 11.1. The van der Waals surface area contributed by atoms with Crippen LogP contribution in [0.1, 0.15) is 23.2 Å². The summed E-state index contributed by atoms with van der Waals surface area (Å²) in [6, 6.07) is 7.34. The van der Waals surface area contributed by atoms with E-state index in [-0.39, 0.29) is 17.8 Å². The Balaban J connectivity index is 2.20. The Labute approximate surface area is 140 Å². The van der Waals surface area contributed by atoms with E-state index in [4.69, 9.17) is 4.74 Å². The van der Waals surface area contributed by atoms with Crippen molar-refractivity contribution in [3.05, 3.63) is 60.3 Å². The first-order valence-corrected chi connectivity index (χ1v) is 7.95. The molecule has 118 valence electrons. The molecule has 0 radical (unpaired) electrons. The molecule has 2 aromatic rings. The summed E-state index contributed by atoms with van der Waals surface area (Å²) in [5, 5.41) is 9.30. The van der Waals surface area contributed by atoms with E-state index in [1.54, 1.807) is 12.1 Å². The van der Waals surface area contributed by atoms with Crippen molar-refractivity contribution >= 4 is 15.9 Å². The highest BCUT2D eigenvalue weighted by molar-refractivity contribution is 9.10. The van der Waals surface area contributed by atoms with Gasteiger partial charge in [-0.2, -0.15) is 5.26 Å². The van der Waals surface area contributed by atoms with Gasteiger partial charge in [0.15, 0.2) is 0 Å². The molecule has 3 rings (SSSR count). The van der Waals surface area contributed by atoms with Crippen molar-refractivity contribution < 1.29 is 4.74 Å². The van der Waals surface area contributed by atoms with E-state index >= 15 is 0 Å². The molecule has 0 fully saturated rings. The summed E-state index contributed by atoms with van der Waals surface area (Å²) in [5.41, 5.74) is 0.413. The van der Waals surface area contributed by atoms with Gasteiger partial charge in [-0.05, 0) is 31.0 Å². The Bertz CT molecular complexity index is 937. The van der Waals surface area contributed by atoms with Gasteiger partial charge >= 0.3 is 5.69 Å². The summed E-state index contributed by atoms with van der Waals surface area (Å²) in [6.45, 7) is 0.605. The number of hydrogen-bond donors (Lipinski definition) is 0. The zero-order chi connectivity index (χ0) is 16.6. The highest BCUT2D eigenvalue weighted by Crippen LogP contribution is 2.23. The molecule has 1 aromatic heterocycles. The maximum atomic E-state index is 12.6. The number of benzene rings is 1. The van der Waals surface area contributed by atoms with Crippen LogP contribution < -0.4 is 16.0 Å². The normalized spacial score (nSPS) is 12.7. The van der Waals surface area contributed by atoms with Gasteiger partial charge in [0, 0.05) is 22.3 Å². The molecular formula is C16H14BrN3O3. The molecule has 6 nitrogen and oxygen atoms in total. The summed E-state index contributed by atoms with van der Waals surface area (Å²) in [5.74, 6) is 0.587. The number of rotatable bonds is 3. The lowest BCUT2D eigenvalue weighted by Gasteiger charge is -2.13. The number of nitrogens with zero attached hydrogens (tertiary/aromatic N) is 3. The molecule has 7 heteroatoms. The molecule has 0 bridgehead atoms. The number of fused-ring (bicyclic) bond motifs is 1. The minimum Gasteiger partial charge on any atom is -0.496 e. The highest BCUT2D eigenvalue weighted by Gasteiger charge is 2.23. The molecule has 0 spiro atoms. The van der Waals surface area contributed by atoms with Crippen LogP contribution in [0.2, 0.25) is 0 Å². The largest absolute Gasteiger partial charge is 0.496 e. The zero-order valence-corrected chi connectivity index (χ0v) is 14.1. The molecule has 0 amide bonds. The number of nitriles is 1. The fraction of sp³-hybridized carbons (Fsp3) is 0.312. The van der Waals surface area contributed by atoms with Gasteiger partial charge in [-0.3, -0.25) is 13.9 Å².